The van der Waals surface area contributed by atoms with E-state index in [1.54, 1.807) is 29.8 Å². The quantitative estimate of drug-likeness (QED) is 0.903. The van der Waals surface area contributed by atoms with E-state index in [2.05, 4.69) is 5.10 Å². The SMILES string of the molecule is COc1cnn(C(C)C)c1C(O)C1CSCCO1. The van der Waals surface area contributed by atoms with Crippen molar-refractivity contribution < 1.29 is 14.6 Å². The Balaban J connectivity index is 2.26. The van der Waals surface area contributed by atoms with Gasteiger partial charge in [-0.3, -0.25) is 4.68 Å². The van der Waals surface area contributed by atoms with E-state index in [-0.39, 0.29) is 12.1 Å². The molecule has 2 atom stereocenters. The van der Waals surface area contributed by atoms with Crippen LogP contribution in [0.5, 0.6) is 5.75 Å². The Morgan fingerprint density at radius 3 is 2.94 bits per heavy atom. The number of hydrogen-bond donors (Lipinski definition) is 1. The molecule has 0 radical (unpaired) electrons. The van der Waals surface area contributed by atoms with Crippen LogP contribution < -0.4 is 4.74 Å². The lowest BCUT2D eigenvalue weighted by molar-refractivity contribution is -0.0278. The maximum Gasteiger partial charge on any atom is 0.162 e. The van der Waals surface area contributed by atoms with E-state index in [4.69, 9.17) is 9.47 Å². The molecule has 1 N–H and O–H groups in total. The number of ether oxygens (including phenoxy) is 2. The lowest BCUT2D eigenvalue weighted by atomic mass is 10.1. The predicted molar refractivity (Wildman–Crippen MR) is 71.2 cm³/mol. The van der Waals surface area contributed by atoms with Crippen molar-refractivity contribution in [3.63, 3.8) is 0 Å². The minimum Gasteiger partial charge on any atom is -0.493 e. The molecule has 5 nitrogen and oxygen atoms in total. The maximum atomic E-state index is 10.5. The smallest absolute Gasteiger partial charge is 0.162 e. The van der Waals surface area contributed by atoms with E-state index in [1.807, 2.05) is 13.8 Å². The summed E-state index contributed by atoms with van der Waals surface area (Å²) in [7, 11) is 1.59. The molecule has 2 rings (SSSR count). The summed E-state index contributed by atoms with van der Waals surface area (Å²) < 4.78 is 12.7. The topological polar surface area (TPSA) is 56.5 Å². The van der Waals surface area contributed by atoms with E-state index in [1.165, 1.54) is 0 Å². The first-order valence-corrected chi connectivity index (χ1v) is 7.29. The molecule has 0 bridgehead atoms. The second-order valence-electron chi connectivity index (χ2n) is 4.57. The average Bonchev–Trinajstić information content (AvgIpc) is 2.82. The van der Waals surface area contributed by atoms with Gasteiger partial charge in [-0.05, 0) is 13.8 Å². The van der Waals surface area contributed by atoms with Gasteiger partial charge < -0.3 is 14.6 Å². The second-order valence-corrected chi connectivity index (χ2v) is 5.72. The van der Waals surface area contributed by atoms with Crippen molar-refractivity contribution in [2.24, 2.45) is 0 Å². The van der Waals surface area contributed by atoms with Crippen LogP contribution in [-0.4, -0.2) is 46.2 Å². The fourth-order valence-corrected chi connectivity index (χ4v) is 2.96. The van der Waals surface area contributed by atoms with E-state index >= 15 is 0 Å². The van der Waals surface area contributed by atoms with Crippen LogP contribution in [0.1, 0.15) is 31.7 Å². The molecule has 102 valence electrons. The molecule has 0 aliphatic carbocycles. The molecule has 1 aromatic heterocycles. The number of aromatic nitrogens is 2. The van der Waals surface area contributed by atoms with Gasteiger partial charge in [0.15, 0.2) is 5.75 Å². The molecule has 1 aromatic rings. The number of methoxy groups -OCH3 is 1. The largest absolute Gasteiger partial charge is 0.493 e. The summed E-state index contributed by atoms with van der Waals surface area (Å²) in [5.41, 5.74) is 0.708. The number of thioether (sulfide) groups is 1. The Kier molecular flexibility index (Phi) is 4.53. The molecule has 1 fully saturated rings. The molecule has 2 unspecified atom stereocenters. The third-order valence-electron chi connectivity index (χ3n) is 2.98. The number of aliphatic hydroxyl groups excluding tert-OH is 1. The van der Waals surface area contributed by atoms with Gasteiger partial charge in [0.2, 0.25) is 0 Å². The van der Waals surface area contributed by atoms with Gasteiger partial charge >= 0.3 is 0 Å². The second kappa shape index (κ2) is 5.95. The fourth-order valence-electron chi connectivity index (χ4n) is 2.07. The Morgan fingerprint density at radius 2 is 2.39 bits per heavy atom. The Hall–Kier alpha value is -0.720. The minimum absolute atomic E-state index is 0.176. The lowest BCUT2D eigenvalue weighted by Crippen LogP contribution is -2.31. The Labute approximate surface area is 111 Å². The zero-order valence-corrected chi connectivity index (χ0v) is 11.8. The van der Waals surface area contributed by atoms with Crippen molar-refractivity contribution >= 4 is 11.8 Å². The lowest BCUT2D eigenvalue weighted by Gasteiger charge is -2.28. The van der Waals surface area contributed by atoms with Gasteiger partial charge in [-0.25, -0.2) is 0 Å². The highest BCUT2D eigenvalue weighted by atomic mass is 32.2. The van der Waals surface area contributed by atoms with E-state index < -0.39 is 6.10 Å². The van der Waals surface area contributed by atoms with Crippen molar-refractivity contribution in [3.05, 3.63) is 11.9 Å². The zero-order chi connectivity index (χ0) is 13.1. The summed E-state index contributed by atoms with van der Waals surface area (Å²) in [4.78, 5) is 0. The van der Waals surface area contributed by atoms with Gasteiger partial charge in [0.05, 0.1) is 26.0 Å². The van der Waals surface area contributed by atoms with Gasteiger partial charge in [0.25, 0.3) is 0 Å². The fraction of sp³-hybridized carbons (Fsp3) is 0.750. The van der Waals surface area contributed by atoms with Gasteiger partial charge in [-0.2, -0.15) is 16.9 Å². The van der Waals surface area contributed by atoms with Crippen LogP contribution in [0.2, 0.25) is 0 Å². The van der Waals surface area contributed by atoms with Crippen molar-refractivity contribution in [3.8, 4) is 5.75 Å². The molecule has 1 aliphatic heterocycles. The van der Waals surface area contributed by atoms with Gasteiger partial charge in [-0.1, -0.05) is 0 Å². The van der Waals surface area contributed by atoms with Crippen molar-refractivity contribution in [2.75, 3.05) is 25.2 Å². The monoisotopic (exact) mass is 272 g/mol. The summed E-state index contributed by atoms with van der Waals surface area (Å²) >= 11 is 1.80. The minimum atomic E-state index is -0.697. The first kappa shape index (κ1) is 13.7. The summed E-state index contributed by atoms with van der Waals surface area (Å²) in [6.45, 7) is 4.74. The molecular weight excluding hydrogens is 252 g/mol. The molecule has 6 heteroatoms. The van der Waals surface area contributed by atoms with Gasteiger partial charge in [-0.15, -0.1) is 0 Å². The highest BCUT2D eigenvalue weighted by molar-refractivity contribution is 7.99. The first-order valence-electron chi connectivity index (χ1n) is 6.14. The van der Waals surface area contributed by atoms with Crippen LogP contribution in [0.25, 0.3) is 0 Å². The summed E-state index contributed by atoms with van der Waals surface area (Å²) in [6, 6.07) is 0.176. The van der Waals surface area contributed by atoms with E-state index in [0.29, 0.717) is 18.1 Å². The van der Waals surface area contributed by atoms with Crippen LogP contribution in [0, 0.1) is 0 Å². The van der Waals surface area contributed by atoms with Crippen LogP contribution >= 0.6 is 11.8 Å². The first-order chi connectivity index (χ1) is 8.65. The third-order valence-corrected chi connectivity index (χ3v) is 4.00. The van der Waals surface area contributed by atoms with Gasteiger partial charge in [0, 0.05) is 17.5 Å². The molecule has 18 heavy (non-hydrogen) atoms. The molecular formula is C12H20N2O3S. The highest BCUT2D eigenvalue weighted by Gasteiger charge is 2.30. The Morgan fingerprint density at radius 1 is 1.61 bits per heavy atom. The Bertz CT molecular complexity index is 389. The highest BCUT2D eigenvalue weighted by Crippen LogP contribution is 2.32. The van der Waals surface area contributed by atoms with Crippen molar-refractivity contribution in [1.29, 1.82) is 0 Å². The third kappa shape index (κ3) is 2.65. The van der Waals surface area contributed by atoms with Crippen LogP contribution in [0.3, 0.4) is 0 Å². The molecule has 0 saturated carbocycles. The molecule has 1 saturated heterocycles. The summed E-state index contributed by atoms with van der Waals surface area (Å²) in [5, 5.41) is 14.8. The summed E-state index contributed by atoms with van der Waals surface area (Å²) in [6.07, 6.45) is 0.763. The number of rotatable bonds is 4. The molecule has 0 spiro atoms. The maximum absolute atomic E-state index is 10.5. The normalized spacial score (nSPS) is 22.2. The van der Waals surface area contributed by atoms with Crippen LogP contribution in [-0.2, 0) is 4.74 Å². The van der Waals surface area contributed by atoms with Crippen molar-refractivity contribution in [1.82, 2.24) is 9.78 Å². The number of hydrogen-bond acceptors (Lipinski definition) is 5. The standard InChI is InChI=1S/C12H20N2O3S/c1-8(2)14-11(9(16-3)6-13-14)12(15)10-7-18-5-4-17-10/h6,8,10,12,15H,4-5,7H2,1-3H3. The molecule has 0 aromatic carbocycles. The number of nitrogens with zero attached hydrogens (tertiary/aromatic N) is 2. The van der Waals surface area contributed by atoms with E-state index in [0.717, 1.165) is 11.5 Å². The van der Waals surface area contributed by atoms with Crippen LogP contribution in [0.4, 0.5) is 0 Å². The zero-order valence-electron chi connectivity index (χ0n) is 11.0. The van der Waals surface area contributed by atoms with E-state index in [9.17, 15) is 5.11 Å². The molecule has 1 aliphatic rings. The van der Waals surface area contributed by atoms with Crippen LogP contribution in [0.15, 0.2) is 6.20 Å². The predicted octanol–water partition coefficient (Wildman–Crippen LogP) is 1.64. The van der Waals surface area contributed by atoms with Gasteiger partial charge in [0.1, 0.15) is 11.8 Å². The summed E-state index contributed by atoms with van der Waals surface area (Å²) in [5.74, 6) is 2.41. The molecule has 0 amide bonds. The van der Waals surface area contributed by atoms with Crippen molar-refractivity contribution in [2.45, 2.75) is 32.1 Å². The number of aliphatic hydroxyl groups is 1. The molecule has 2 heterocycles. The average molecular weight is 272 g/mol.